The number of carbonyl (C=O) groups excluding carboxylic acids is 1. The number of non-ortho nitro benzene ring substituents is 1. The molecule has 0 aliphatic carbocycles. The van der Waals surface area contributed by atoms with Crippen LogP contribution in [0.2, 0.25) is 0 Å². The number of ether oxygens (including phenoxy) is 1. The van der Waals surface area contributed by atoms with Crippen molar-refractivity contribution >= 4 is 38.3 Å². The molecule has 0 N–H and O–H groups in total. The lowest BCUT2D eigenvalue weighted by atomic mass is 10.1. The lowest BCUT2D eigenvalue weighted by Gasteiger charge is -2.27. The second-order valence-electron chi connectivity index (χ2n) is 7.92. The van der Waals surface area contributed by atoms with Crippen LogP contribution in [0.5, 0.6) is 0 Å². The minimum atomic E-state index is -0.483. The molecular formula is C23H26N4O4S. The van der Waals surface area contributed by atoms with Gasteiger partial charge in [0.05, 0.1) is 28.4 Å². The molecule has 1 aromatic heterocycles. The van der Waals surface area contributed by atoms with Crippen molar-refractivity contribution < 1.29 is 14.5 Å². The van der Waals surface area contributed by atoms with Crippen LogP contribution in [0, 0.1) is 24.0 Å². The predicted octanol–water partition coefficient (Wildman–Crippen LogP) is 4.19. The van der Waals surface area contributed by atoms with Crippen molar-refractivity contribution in [3.05, 3.63) is 63.2 Å². The molecule has 1 saturated heterocycles. The van der Waals surface area contributed by atoms with E-state index in [0.29, 0.717) is 11.7 Å². The minimum absolute atomic E-state index is 0.0973. The highest BCUT2D eigenvalue weighted by Crippen LogP contribution is 2.33. The van der Waals surface area contributed by atoms with Crippen molar-refractivity contribution in [1.29, 1.82) is 0 Å². The zero-order chi connectivity index (χ0) is 22.7. The van der Waals surface area contributed by atoms with Gasteiger partial charge in [-0.3, -0.25) is 24.7 Å². The average molecular weight is 455 g/mol. The number of carbonyl (C=O) groups is 1. The maximum Gasteiger partial charge on any atom is 0.270 e. The topological polar surface area (TPSA) is 88.8 Å². The summed E-state index contributed by atoms with van der Waals surface area (Å²) in [6.45, 7) is 8.65. The van der Waals surface area contributed by atoms with Crippen molar-refractivity contribution in [2.75, 3.05) is 44.3 Å². The number of amides is 1. The predicted molar refractivity (Wildman–Crippen MR) is 126 cm³/mol. The Morgan fingerprint density at radius 2 is 2.03 bits per heavy atom. The van der Waals surface area contributed by atoms with Crippen LogP contribution in [-0.2, 0) is 4.74 Å². The number of nitro groups is 1. The lowest BCUT2D eigenvalue weighted by molar-refractivity contribution is -0.384. The Hall–Kier alpha value is -2.88. The van der Waals surface area contributed by atoms with Gasteiger partial charge in [0.2, 0.25) is 0 Å². The Bertz CT molecular complexity index is 1140. The molecule has 8 nitrogen and oxygen atoms in total. The number of nitrogens with zero attached hydrogens (tertiary/aromatic N) is 4. The monoisotopic (exact) mass is 454 g/mol. The number of nitro benzene ring substituents is 1. The number of benzene rings is 2. The van der Waals surface area contributed by atoms with Crippen molar-refractivity contribution in [1.82, 2.24) is 9.88 Å². The Morgan fingerprint density at radius 1 is 1.25 bits per heavy atom. The van der Waals surface area contributed by atoms with Gasteiger partial charge in [0.15, 0.2) is 5.13 Å². The minimum Gasteiger partial charge on any atom is -0.379 e. The number of aromatic nitrogens is 1. The molecule has 0 saturated carbocycles. The lowest BCUT2D eigenvalue weighted by Crippen LogP contribution is -2.39. The van der Waals surface area contributed by atoms with E-state index in [9.17, 15) is 14.9 Å². The van der Waals surface area contributed by atoms with Crippen LogP contribution >= 0.6 is 11.3 Å². The van der Waals surface area contributed by atoms with E-state index in [-0.39, 0.29) is 17.2 Å². The first-order valence-electron chi connectivity index (χ1n) is 10.7. The highest BCUT2D eigenvalue weighted by Gasteiger charge is 2.24. The largest absolute Gasteiger partial charge is 0.379 e. The molecule has 168 valence electrons. The van der Waals surface area contributed by atoms with Crippen molar-refractivity contribution in [2.24, 2.45) is 0 Å². The first kappa shape index (κ1) is 22.3. The van der Waals surface area contributed by atoms with E-state index >= 15 is 0 Å². The summed E-state index contributed by atoms with van der Waals surface area (Å²) in [4.78, 5) is 33.0. The molecule has 0 spiro atoms. The molecule has 2 aromatic carbocycles. The molecule has 0 atom stereocenters. The van der Waals surface area contributed by atoms with Crippen LogP contribution in [0.1, 0.15) is 27.9 Å². The van der Waals surface area contributed by atoms with Crippen LogP contribution < -0.4 is 4.90 Å². The summed E-state index contributed by atoms with van der Waals surface area (Å²) in [6.07, 6.45) is 0.772. The number of hydrogen-bond acceptors (Lipinski definition) is 7. The second kappa shape index (κ2) is 9.72. The summed E-state index contributed by atoms with van der Waals surface area (Å²) >= 11 is 1.47. The summed E-state index contributed by atoms with van der Waals surface area (Å²) in [7, 11) is 0. The van der Waals surface area contributed by atoms with Gasteiger partial charge in [0.1, 0.15) is 0 Å². The molecule has 0 bridgehead atoms. The molecule has 1 amide bonds. The first-order chi connectivity index (χ1) is 15.4. The molecule has 9 heteroatoms. The number of hydrogen-bond donors (Lipinski definition) is 0. The van der Waals surface area contributed by atoms with Crippen LogP contribution in [-0.4, -0.2) is 60.1 Å². The Morgan fingerprint density at radius 3 is 2.78 bits per heavy atom. The molecule has 1 aliphatic rings. The fraction of sp³-hybridized carbons (Fsp3) is 0.391. The van der Waals surface area contributed by atoms with E-state index in [0.717, 1.165) is 60.6 Å². The first-order valence-corrected chi connectivity index (χ1v) is 11.5. The molecule has 0 radical (unpaired) electrons. The van der Waals surface area contributed by atoms with E-state index in [4.69, 9.17) is 9.72 Å². The van der Waals surface area contributed by atoms with Gasteiger partial charge >= 0.3 is 0 Å². The maximum absolute atomic E-state index is 13.5. The third kappa shape index (κ3) is 4.79. The Balaban J connectivity index is 1.63. The van der Waals surface area contributed by atoms with Crippen LogP contribution in [0.4, 0.5) is 10.8 Å². The van der Waals surface area contributed by atoms with Crippen LogP contribution in [0.15, 0.2) is 36.4 Å². The summed E-state index contributed by atoms with van der Waals surface area (Å²) < 4.78 is 6.43. The molecule has 0 unspecified atom stereocenters. The van der Waals surface area contributed by atoms with E-state index in [1.54, 1.807) is 17.0 Å². The normalized spacial score (nSPS) is 14.6. The van der Waals surface area contributed by atoms with Gasteiger partial charge in [0.25, 0.3) is 11.6 Å². The number of aryl methyl sites for hydroxylation is 2. The number of fused-ring (bicyclic) bond motifs is 1. The van der Waals surface area contributed by atoms with Gasteiger partial charge < -0.3 is 4.74 Å². The molecule has 32 heavy (non-hydrogen) atoms. The number of morpholine rings is 1. The van der Waals surface area contributed by atoms with Crippen LogP contribution in [0.3, 0.4) is 0 Å². The average Bonchev–Trinajstić information content (AvgIpc) is 3.24. The fourth-order valence-corrected chi connectivity index (χ4v) is 4.85. The summed E-state index contributed by atoms with van der Waals surface area (Å²) in [5, 5.41) is 11.8. The zero-order valence-corrected chi connectivity index (χ0v) is 19.1. The van der Waals surface area contributed by atoms with E-state index in [2.05, 4.69) is 11.0 Å². The Kier molecular flexibility index (Phi) is 6.78. The highest BCUT2D eigenvalue weighted by atomic mass is 32.1. The van der Waals surface area contributed by atoms with Gasteiger partial charge in [-0.25, -0.2) is 4.98 Å². The number of rotatable bonds is 7. The number of anilines is 1. The molecule has 2 heterocycles. The van der Waals surface area contributed by atoms with Crippen molar-refractivity contribution in [2.45, 2.75) is 20.3 Å². The standard InChI is InChI=1S/C23H26N4O4S/c1-16-7-8-20-21(17(16)2)24-23(32-20)26(10-4-9-25-11-13-31-14-12-25)22(28)18-5-3-6-19(15-18)27(29)30/h3,5-8,15H,4,9-14H2,1-2H3. The zero-order valence-electron chi connectivity index (χ0n) is 18.2. The highest BCUT2D eigenvalue weighted by molar-refractivity contribution is 7.22. The molecule has 3 aromatic rings. The summed E-state index contributed by atoms with van der Waals surface area (Å²) in [6, 6.07) is 9.98. The van der Waals surface area contributed by atoms with Crippen LogP contribution in [0.25, 0.3) is 10.2 Å². The van der Waals surface area contributed by atoms with E-state index < -0.39 is 4.92 Å². The quantitative estimate of drug-likeness (QED) is 0.393. The third-order valence-electron chi connectivity index (χ3n) is 5.81. The molecule has 1 aliphatic heterocycles. The Labute approximate surface area is 190 Å². The molecular weight excluding hydrogens is 428 g/mol. The van der Waals surface area contributed by atoms with E-state index in [1.165, 1.54) is 23.5 Å². The maximum atomic E-state index is 13.5. The van der Waals surface area contributed by atoms with E-state index in [1.807, 2.05) is 19.9 Å². The second-order valence-corrected chi connectivity index (χ2v) is 8.93. The van der Waals surface area contributed by atoms with Gasteiger partial charge in [0, 0.05) is 43.9 Å². The molecule has 4 rings (SSSR count). The third-order valence-corrected chi connectivity index (χ3v) is 6.86. The van der Waals surface area contributed by atoms with Crippen molar-refractivity contribution in [3.8, 4) is 0 Å². The van der Waals surface area contributed by atoms with Gasteiger partial charge in [-0.15, -0.1) is 0 Å². The fourth-order valence-electron chi connectivity index (χ4n) is 3.80. The van der Waals surface area contributed by atoms with Crippen molar-refractivity contribution in [3.63, 3.8) is 0 Å². The summed E-state index contributed by atoms with van der Waals surface area (Å²) in [5.74, 6) is -0.274. The molecule has 1 fully saturated rings. The van der Waals surface area contributed by atoms with Gasteiger partial charge in [-0.2, -0.15) is 0 Å². The summed E-state index contributed by atoms with van der Waals surface area (Å²) in [5.41, 5.74) is 3.34. The van der Waals surface area contributed by atoms with Gasteiger partial charge in [-0.05, 0) is 43.5 Å². The van der Waals surface area contributed by atoms with Gasteiger partial charge in [-0.1, -0.05) is 23.5 Å². The number of thiazole rings is 1. The smallest absolute Gasteiger partial charge is 0.270 e. The SMILES string of the molecule is Cc1ccc2sc(N(CCCN3CCOCC3)C(=O)c3cccc([N+](=O)[O-])c3)nc2c1C.